The minimum atomic E-state index is 0.249. The molecule has 0 aromatic carbocycles. The monoisotopic (exact) mass is 291 g/mol. The molecule has 1 atom stereocenters. The summed E-state index contributed by atoms with van der Waals surface area (Å²) >= 11 is 1.76. The largest absolute Gasteiger partial charge is 0.396 e. The van der Waals surface area contributed by atoms with Crippen molar-refractivity contribution in [1.82, 2.24) is 9.97 Å². The highest BCUT2D eigenvalue weighted by molar-refractivity contribution is 7.18. The van der Waals surface area contributed by atoms with Crippen molar-refractivity contribution in [3.8, 4) is 0 Å². The Bertz CT molecular complexity index is 582. The first-order chi connectivity index (χ1) is 9.83. The molecule has 1 fully saturated rings. The summed E-state index contributed by atoms with van der Waals surface area (Å²) in [6, 6.07) is 2.65. The van der Waals surface area contributed by atoms with Crippen LogP contribution in [0.2, 0.25) is 0 Å². The van der Waals surface area contributed by atoms with Gasteiger partial charge in [0.05, 0.1) is 5.39 Å². The number of aliphatic hydroxyl groups excluding tert-OH is 1. The fourth-order valence-corrected chi connectivity index (χ4v) is 3.95. The lowest BCUT2D eigenvalue weighted by atomic mass is 9.99. The molecule has 3 rings (SSSR count). The molecule has 1 aliphatic heterocycles. The minimum Gasteiger partial charge on any atom is -0.396 e. The molecule has 1 aliphatic rings. The van der Waals surface area contributed by atoms with Gasteiger partial charge in [-0.05, 0) is 38.2 Å². The molecule has 0 bridgehead atoms. The summed E-state index contributed by atoms with van der Waals surface area (Å²) in [6.45, 7) is 3.46. The van der Waals surface area contributed by atoms with Gasteiger partial charge in [0.1, 0.15) is 17.0 Å². The number of thiophene rings is 1. The van der Waals surface area contributed by atoms with E-state index in [2.05, 4.69) is 27.9 Å². The third-order valence-corrected chi connectivity index (χ3v) is 5.26. The van der Waals surface area contributed by atoms with Crippen LogP contribution in [0.1, 0.15) is 37.5 Å². The Hall–Kier alpha value is -1.20. The zero-order valence-corrected chi connectivity index (χ0v) is 12.7. The van der Waals surface area contributed by atoms with Gasteiger partial charge >= 0.3 is 0 Å². The first kappa shape index (κ1) is 13.8. The number of aryl methyl sites for hydroxylation is 1. The number of rotatable bonds is 4. The Kier molecular flexibility index (Phi) is 4.17. The van der Waals surface area contributed by atoms with E-state index in [9.17, 15) is 5.11 Å². The Labute approximate surface area is 123 Å². The molecular weight excluding hydrogens is 270 g/mol. The lowest BCUT2D eigenvalue weighted by molar-refractivity contribution is 0.262. The van der Waals surface area contributed by atoms with Crippen LogP contribution < -0.4 is 4.90 Å². The lowest BCUT2D eigenvalue weighted by Crippen LogP contribution is -2.40. The molecule has 4 nitrogen and oxygen atoms in total. The third-order valence-electron chi connectivity index (χ3n) is 4.07. The number of hydrogen-bond donors (Lipinski definition) is 1. The molecular formula is C15H21N3OS. The number of aliphatic hydroxyl groups is 1. The van der Waals surface area contributed by atoms with Crippen LogP contribution in [0.3, 0.4) is 0 Å². The van der Waals surface area contributed by atoms with Crippen LogP contribution in [-0.4, -0.2) is 34.3 Å². The number of nitrogens with zero attached hydrogens (tertiary/aromatic N) is 3. The Morgan fingerprint density at radius 3 is 3.10 bits per heavy atom. The van der Waals surface area contributed by atoms with E-state index in [1.54, 1.807) is 17.7 Å². The van der Waals surface area contributed by atoms with E-state index in [4.69, 9.17) is 0 Å². The fourth-order valence-electron chi connectivity index (χ4n) is 3.02. The van der Waals surface area contributed by atoms with E-state index in [1.807, 2.05) is 0 Å². The molecule has 0 aliphatic carbocycles. The van der Waals surface area contributed by atoms with E-state index < -0.39 is 0 Å². The van der Waals surface area contributed by atoms with E-state index in [-0.39, 0.29) is 6.61 Å². The summed E-state index contributed by atoms with van der Waals surface area (Å²) in [7, 11) is 0. The van der Waals surface area contributed by atoms with Gasteiger partial charge in [0.2, 0.25) is 0 Å². The van der Waals surface area contributed by atoms with Crippen molar-refractivity contribution < 1.29 is 5.11 Å². The van der Waals surface area contributed by atoms with Crippen LogP contribution in [-0.2, 0) is 6.42 Å². The summed E-state index contributed by atoms with van der Waals surface area (Å²) in [6.07, 6.45) is 7.16. The van der Waals surface area contributed by atoms with Crippen molar-refractivity contribution in [2.75, 3.05) is 18.1 Å². The van der Waals surface area contributed by atoms with Gasteiger partial charge in [-0.3, -0.25) is 0 Å². The van der Waals surface area contributed by atoms with E-state index in [1.165, 1.54) is 23.1 Å². The predicted octanol–water partition coefficient (Wildman–Crippen LogP) is 3.00. The van der Waals surface area contributed by atoms with Gasteiger partial charge in [-0.15, -0.1) is 11.3 Å². The topological polar surface area (TPSA) is 49.2 Å². The van der Waals surface area contributed by atoms with Gasteiger partial charge in [-0.2, -0.15) is 0 Å². The van der Waals surface area contributed by atoms with E-state index in [0.717, 1.165) is 36.5 Å². The van der Waals surface area contributed by atoms with Gasteiger partial charge in [-0.1, -0.05) is 6.92 Å². The summed E-state index contributed by atoms with van der Waals surface area (Å²) in [5, 5.41) is 10.5. The lowest BCUT2D eigenvalue weighted by Gasteiger charge is -2.36. The molecule has 0 radical (unpaired) electrons. The molecule has 1 saturated heterocycles. The standard InChI is InChI=1S/C15H21N3OS/c1-2-12-9-13-14(16-10-17-15(13)20-12)18-7-4-3-5-11(18)6-8-19/h9-11,19H,2-8H2,1H3. The second kappa shape index (κ2) is 6.06. The number of piperidine rings is 1. The quantitative estimate of drug-likeness (QED) is 0.941. The summed E-state index contributed by atoms with van der Waals surface area (Å²) in [5.74, 6) is 1.06. The fraction of sp³-hybridized carbons (Fsp3) is 0.600. The first-order valence-corrected chi connectivity index (χ1v) is 8.26. The molecule has 1 N–H and O–H groups in total. The summed E-state index contributed by atoms with van der Waals surface area (Å²) in [4.78, 5) is 13.8. The van der Waals surface area contributed by atoms with Crippen molar-refractivity contribution in [3.63, 3.8) is 0 Å². The molecule has 3 heterocycles. The maximum absolute atomic E-state index is 9.28. The van der Waals surface area contributed by atoms with Crippen molar-refractivity contribution in [3.05, 3.63) is 17.3 Å². The van der Waals surface area contributed by atoms with E-state index >= 15 is 0 Å². The highest BCUT2D eigenvalue weighted by Gasteiger charge is 2.25. The van der Waals surface area contributed by atoms with Gasteiger partial charge in [0, 0.05) is 24.1 Å². The maximum Gasteiger partial charge on any atom is 0.141 e. The average molecular weight is 291 g/mol. The molecule has 1 unspecified atom stereocenters. The average Bonchev–Trinajstić information content (AvgIpc) is 2.91. The Balaban J connectivity index is 2.00. The molecule has 0 amide bonds. The second-order valence-corrected chi connectivity index (χ2v) is 6.45. The molecule has 0 spiro atoms. The van der Waals surface area contributed by atoms with Crippen LogP contribution in [0.25, 0.3) is 10.2 Å². The predicted molar refractivity (Wildman–Crippen MR) is 83.5 cm³/mol. The minimum absolute atomic E-state index is 0.249. The van der Waals surface area contributed by atoms with Crippen LogP contribution in [0.5, 0.6) is 0 Å². The Morgan fingerprint density at radius 2 is 2.30 bits per heavy atom. The third kappa shape index (κ3) is 2.52. The van der Waals surface area contributed by atoms with Gasteiger partial charge < -0.3 is 10.0 Å². The summed E-state index contributed by atoms with van der Waals surface area (Å²) < 4.78 is 0. The maximum atomic E-state index is 9.28. The van der Waals surface area contributed by atoms with Gasteiger partial charge in [0.15, 0.2) is 0 Å². The van der Waals surface area contributed by atoms with Crippen LogP contribution in [0.15, 0.2) is 12.4 Å². The van der Waals surface area contributed by atoms with Crippen molar-refractivity contribution in [1.29, 1.82) is 0 Å². The number of hydrogen-bond acceptors (Lipinski definition) is 5. The molecule has 5 heteroatoms. The molecule has 108 valence electrons. The molecule has 20 heavy (non-hydrogen) atoms. The molecule has 2 aromatic rings. The normalized spacial score (nSPS) is 19.7. The van der Waals surface area contributed by atoms with Gasteiger partial charge in [0.25, 0.3) is 0 Å². The SMILES string of the molecule is CCc1cc2c(N3CCCCC3CCO)ncnc2s1. The Morgan fingerprint density at radius 1 is 1.40 bits per heavy atom. The first-order valence-electron chi connectivity index (χ1n) is 7.44. The smallest absolute Gasteiger partial charge is 0.141 e. The van der Waals surface area contributed by atoms with Crippen molar-refractivity contribution in [2.24, 2.45) is 0 Å². The second-order valence-electron chi connectivity index (χ2n) is 5.34. The van der Waals surface area contributed by atoms with Gasteiger partial charge in [-0.25, -0.2) is 9.97 Å². The highest BCUT2D eigenvalue weighted by Crippen LogP contribution is 2.34. The zero-order chi connectivity index (χ0) is 13.9. The van der Waals surface area contributed by atoms with Crippen molar-refractivity contribution in [2.45, 2.75) is 45.1 Å². The van der Waals surface area contributed by atoms with Crippen molar-refractivity contribution >= 4 is 27.4 Å². The number of aromatic nitrogens is 2. The van der Waals surface area contributed by atoms with Crippen LogP contribution >= 0.6 is 11.3 Å². The molecule has 2 aromatic heterocycles. The van der Waals surface area contributed by atoms with Crippen LogP contribution in [0.4, 0.5) is 5.82 Å². The van der Waals surface area contributed by atoms with Crippen LogP contribution in [0, 0.1) is 0 Å². The molecule has 0 saturated carbocycles. The number of fused-ring (bicyclic) bond motifs is 1. The number of anilines is 1. The zero-order valence-electron chi connectivity index (χ0n) is 11.9. The summed E-state index contributed by atoms with van der Waals surface area (Å²) in [5.41, 5.74) is 0. The highest BCUT2D eigenvalue weighted by atomic mass is 32.1. The van der Waals surface area contributed by atoms with E-state index in [0.29, 0.717) is 6.04 Å².